The number of nitrogen functional groups attached to an aromatic ring is 1. The summed E-state index contributed by atoms with van der Waals surface area (Å²) < 4.78 is 5.89. The number of carboxylic acids is 1. The second-order valence-electron chi connectivity index (χ2n) is 5.14. The lowest BCUT2D eigenvalue weighted by Gasteiger charge is -2.14. The number of benzene rings is 3. The average Bonchev–Trinajstić information content (AvgIpc) is 2.59. The van der Waals surface area contributed by atoms with Crippen LogP contribution >= 0.6 is 0 Å². The third kappa shape index (κ3) is 3.47. The fourth-order valence-corrected chi connectivity index (χ4v) is 2.23. The Morgan fingerprint density at radius 1 is 0.917 bits per heavy atom. The van der Waals surface area contributed by atoms with E-state index >= 15 is 0 Å². The van der Waals surface area contributed by atoms with Crippen LogP contribution in [0.2, 0.25) is 0 Å². The maximum absolute atomic E-state index is 11.0. The van der Waals surface area contributed by atoms with Crippen molar-refractivity contribution < 1.29 is 14.6 Å². The summed E-state index contributed by atoms with van der Waals surface area (Å²) in [6.07, 6.45) is 0. The highest BCUT2D eigenvalue weighted by Crippen LogP contribution is 2.33. The maximum atomic E-state index is 11.0. The van der Waals surface area contributed by atoms with Gasteiger partial charge in [-0.3, -0.25) is 0 Å². The van der Waals surface area contributed by atoms with Gasteiger partial charge < -0.3 is 20.9 Å². The molecule has 0 unspecified atom stereocenters. The van der Waals surface area contributed by atoms with Crippen molar-refractivity contribution in [1.29, 1.82) is 0 Å². The molecule has 3 aromatic carbocycles. The van der Waals surface area contributed by atoms with Crippen molar-refractivity contribution >= 4 is 23.0 Å². The van der Waals surface area contributed by atoms with Crippen molar-refractivity contribution in [3.63, 3.8) is 0 Å². The largest absolute Gasteiger partial charge is 0.478 e. The molecule has 24 heavy (non-hydrogen) atoms. The second kappa shape index (κ2) is 6.75. The number of nitrogens with two attached hydrogens (primary N) is 1. The van der Waals surface area contributed by atoms with Crippen molar-refractivity contribution in [3.05, 3.63) is 78.4 Å². The molecule has 0 aliphatic heterocycles. The van der Waals surface area contributed by atoms with Crippen LogP contribution in [0.1, 0.15) is 10.4 Å². The van der Waals surface area contributed by atoms with Gasteiger partial charge in [-0.1, -0.05) is 30.3 Å². The van der Waals surface area contributed by atoms with Gasteiger partial charge in [0.25, 0.3) is 0 Å². The Kier molecular flexibility index (Phi) is 4.34. The Balaban J connectivity index is 1.87. The van der Waals surface area contributed by atoms with Crippen LogP contribution in [-0.4, -0.2) is 11.1 Å². The summed E-state index contributed by atoms with van der Waals surface area (Å²) in [6, 6.07) is 21.5. The van der Waals surface area contributed by atoms with Gasteiger partial charge in [-0.2, -0.15) is 0 Å². The highest BCUT2D eigenvalue weighted by atomic mass is 16.5. The van der Waals surface area contributed by atoms with Crippen LogP contribution in [0.5, 0.6) is 11.5 Å². The first-order valence-corrected chi connectivity index (χ1v) is 7.35. The summed E-state index contributed by atoms with van der Waals surface area (Å²) in [6.45, 7) is 0. The third-order valence-corrected chi connectivity index (χ3v) is 3.43. The van der Waals surface area contributed by atoms with Gasteiger partial charge in [0.05, 0.1) is 22.6 Å². The number of rotatable bonds is 5. The number of hydrogen-bond acceptors (Lipinski definition) is 4. The molecule has 0 aliphatic carbocycles. The van der Waals surface area contributed by atoms with Gasteiger partial charge >= 0.3 is 5.97 Å². The van der Waals surface area contributed by atoms with E-state index in [0.29, 0.717) is 17.1 Å². The molecule has 0 heterocycles. The minimum Gasteiger partial charge on any atom is -0.478 e. The first kappa shape index (κ1) is 15.4. The molecule has 0 radical (unpaired) electrons. The van der Waals surface area contributed by atoms with Gasteiger partial charge in [0.15, 0.2) is 5.75 Å². The Bertz CT molecular complexity index is 863. The number of nitrogens with one attached hydrogen (secondary N) is 1. The molecular formula is C19H16N2O3. The van der Waals surface area contributed by atoms with Crippen molar-refractivity contribution in [3.8, 4) is 11.5 Å². The topological polar surface area (TPSA) is 84.6 Å². The standard InChI is InChI=1S/C19H16N2O3/c20-15-12-13(19(22)23)10-11-16(15)21-17-8-4-5-9-18(17)24-14-6-2-1-3-7-14/h1-12,21H,20H2,(H,22,23). The predicted molar refractivity (Wildman–Crippen MR) is 94.1 cm³/mol. The number of para-hydroxylation sites is 3. The molecule has 5 nitrogen and oxygen atoms in total. The number of aromatic carboxylic acids is 1. The molecule has 0 aliphatic rings. The van der Waals surface area contributed by atoms with Crippen molar-refractivity contribution in [2.75, 3.05) is 11.1 Å². The van der Waals surface area contributed by atoms with E-state index in [1.54, 1.807) is 6.07 Å². The first-order chi connectivity index (χ1) is 11.6. The van der Waals surface area contributed by atoms with E-state index in [2.05, 4.69) is 5.32 Å². The summed E-state index contributed by atoms with van der Waals surface area (Å²) >= 11 is 0. The van der Waals surface area contributed by atoms with Crippen LogP contribution in [0.4, 0.5) is 17.1 Å². The van der Waals surface area contributed by atoms with Gasteiger partial charge in [-0.05, 0) is 42.5 Å². The SMILES string of the molecule is Nc1cc(C(=O)O)ccc1Nc1ccccc1Oc1ccccc1. The second-order valence-corrected chi connectivity index (χ2v) is 5.14. The van der Waals surface area contributed by atoms with Crippen LogP contribution < -0.4 is 15.8 Å². The van der Waals surface area contributed by atoms with E-state index in [9.17, 15) is 4.79 Å². The number of carbonyl (C=O) groups is 1. The first-order valence-electron chi connectivity index (χ1n) is 7.35. The lowest BCUT2D eigenvalue weighted by Crippen LogP contribution is -2.02. The maximum Gasteiger partial charge on any atom is 0.335 e. The summed E-state index contributed by atoms with van der Waals surface area (Å²) in [4.78, 5) is 11.0. The lowest BCUT2D eigenvalue weighted by molar-refractivity contribution is 0.0697. The zero-order valence-corrected chi connectivity index (χ0v) is 12.8. The quantitative estimate of drug-likeness (QED) is 0.603. The molecular weight excluding hydrogens is 304 g/mol. The molecule has 0 aromatic heterocycles. The van der Waals surface area contributed by atoms with Crippen molar-refractivity contribution in [1.82, 2.24) is 0 Å². The highest BCUT2D eigenvalue weighted by Gasteiger charge is 2.09. The van der Waals surface area contributed by atoms with Crippen molar-refractivity contribution in [2.45, 2.75) is 0 Å². The normalized spacial score (nSPS) is 10.2. The smallest absolute Gasteiger partial charge is 0.335 e. The number of carboxylic acid groups (broad SMARTS) is 1. The van der Waals surface area contributed by atoms with Gasteiger partial charge in [0.2, 0.25) is 0 Å². The Hall–Kier alpha value is -3.47. The fraction of sp³-hybridized carbons (Fsp3) is 0. The molecule has 120 valence electrons. The predicted octanol–water partition coefficient (Wildman–Crippen LogP) is 4.50. The van der Waals surface area contributed by atoms with E-state index < -0.39 is 5.97 Å². The summed E-state index contributed by atoms with van der Waals surface area (Å²) in [5, 5.41) is 12.2. The van der Waals surface area contributed by atoms with Gasteiger partial charge in [0, 0.05) is 0 Å². The van der Waals surface area contributed by atoms with Crippen LogP contribution in [0.25, 0.3) is 0 Å². The summed E-state index contributed by atoms with van der Waals surface area (Å²) in [7, 11) is 0. The third-order valence-electron chi connectivity index (χ3n) is 3.43. The van der Waals surface area contributed by atoms with E-state index in [4.69, 9.17) is 15.6 Å². The summed E-state index contributed by atoms with van der Waals surface area (Å²) in [5.74, 6) is 0.354. The van der Waals surface area contributed by atoms with E-state index in [0.717, 1.165) is 11.4 Å². The molecule has 0 saturated heterocycles. The van der Waals surface area contributed by atoms with Crippen LogP contribution in [0.15, 0.2) is 72.8 Å². The van der Waals surface area contributed by atoms with E-state index in [-0.39, 0.29) is 5.56 Å². The molecule has 3 aromatic rings. The van der Waals surface area contributed by atoms with E-state index in [1.807, 2.05) is 54.6 Å². The van der Waals surface area contributed by atoms with Crippen LogP contribution in [0.3, 0.4) is 0 Å². The molecule has 5 heteroatoms. The molecule has 0 bridgehead atoms. The zero-order valence-electron chi connectivity index (χ0n) is 12.8. The summed E-state index contributed by atoms with van der Waals surface area (Å²) in [5.41, 5.74) is 7.79. The molecule has 0 atom stereocenters. The number of hydrogen-bond donors (Lipinski definition) is 3. The minimum absolute atomic E-state index is 0.145. The Labute approximate surface area is 139 Å². The molecule has 3 rings (SSSR count). The van der Waals surface area contributed by atoms with Gasteiger partial charge in [0.1, 0.15) is 5.75 Å². The Morgan fingerprint density at radius 2 is 1.62 bits per heavy atom. The van der Waals surface area contributed by atoms with Gasteiger partial charge in [-0.15, -0.1) is 0 Å². The average molecular weight is 320 g/mol. The fourth-order valence-electron chi connectivity index (χ4n) is 2.23. The Morgan fingerprint density at radius 3 is 2.33 bits per heavy atom. The van der Waals surface area contributed by atoms with Crippen LogP contribution in [0, 0.1) is 0 Å². The molecule has 0 fully saturated rings. The van der Waals surface area contributed by atoms with E-state index in [1.165, 1.54) is 12.1 Å². The molecule has 4 N–H and O–H groups in total. The van der Waals surface area contributed by atoms with Gasteiger partial charge in [-0.25, -0.2) is 4.79 Å². The lowest BCUT2D eigenvalue weighted by atomic mass is 10.1. The van der Waals surface area contributed by atoms with Crippen molar-refractivity contribution in [2.24, 2.45) is 0 Å². The molecule has 0 amide bonds. The number of anilines is 3. The minimum atomic E-state index is -1.01. The number of ether oxygens (including phenoxy) is 1. The van der Waals surface area contributed by atoms with Crippen LogP contribution in [-0.2, 0) is 0 Å². The highest BCUT2D eigenvalue weighted by molar-refractivity contribution is 5.91. The molecule has 0 saturated carbocycles. The monoisotopic (exact) mass is 320 g/mol. The zero-order chi connectivity index (χ0) is 16.9. The molecule has 0 spiro atoms.